The number of amides is 2. The zero-order chi connectivity index (χ0) is 34.8. The number of allylic oxidation sites excluding steroid dienone is 1. The van der Waals surface area contributed by atoms with Crippen LogP contribution in [0.15, 0.2) is 69.0 Å². The number of anilines is 1. The maximum atomic E-state index is 13.4. The van der Waals surface area contributed by atoms with Crippen molar-refractivity contribution >= 4 is 60.8 Å². The number of benzene rings is 2. The van der Waals surface area contributed by atoms with Crippen LogP contribution < -0.4 is 10.6 Å². The van der Waals surface area contributed by atoms with Gasteiger partial charge in [0, 0.05) is 57.4 Å². The Hall–Kier alpha value is -3.94. The van der Waals surface area contributed by atoms with E-state index in [-0.39, 0.29) is 18.4 Å². The molecule has 5 rings (SSSR count). The maximum absolute atomic E-state index is 13.4. The van der Waals surface area contributed by atoms with Crippen molar-refractivity contribution in [3.05, 3.63) is 65.3 Å². The fourth-order valence-corrected chi connectivity index (χ4v) is 8.12. The molecule has 2 fully saturated rings. The molecule has 2 amide bonds. The normalized spacial score (nSPS) is 18.4. The Morgan fingerprint density at radius 1 is 1.14 bits per heavy atom. The molecule has 2 saturated heterocycles. The maximum Gasteiger partial charge on any atom is 0.227 e. The number of aliphatic imine (C=N–C) groups is 2. The number of likely N-dealkylation sites (tertiary alicyclic amines) is 1. The Morgan fingerprint density at radius 2 is 1.92 bits per heavy atom. The Balaban J connectivity index is 1.08. The van der Waals surface area contributed by atoms with Crippen LogP contribution in [0.2, 0.25) is 0 Å². The van der Waals surface area contributed by atoms with Crippen LogP contribution in [0.4, 0.5) is 5.82 Å². The van der Waals surface area contributed by atoms with Crippen molar-refractivity contribution in [1.29, 1.82) is 0 Å². The van der Waals surface area contributed by atoms with Crippen LogP contribution in [0.25, 0.3) is 10.9 Å². The summed E-state index contributed by atoms with van der Waals surface area (Å²) < 4.78 is 17.3. The lowest BCUT2D eigenvalue weighted by Crippen LogP contribution is -2.36. The van der Waals surface area contributed by atoms with Crippen molar-refractivity contribution in [2.24, 2.45) is 23.0 Å². The molecule has 2 N–H and O–H groups in total. The van der Waals surface area contributed by atoms with Crippen LogP contribution in [0.1, 0.15) is 56.1 Å². The summed E-state index contributed by atoms with van der Waals surface area (Å²) in [6.07, 6.45) is 8.72. The van der Waals surface area contributed by atoms with E-state index in [1.54, 1.807) is 6.21 Å². The van der Waals surface area contributed by atoms with E-state index in [2.05, 4.69) is 74.6 Å². The molecule has 11 nitrogen and oxygen atoms in total. The summed E-state index contributed by atoms with van der Waals surface area (Å²) in [5.74, 6) is 1.31. The number of rotatable bonds is 15. The molecule has 2 aromatic carbocycles. The van der Waals surface area contributed by atoms with E-state index in [0.717, 1.165) is 80.6 Å². The van der Waals surface area contributed by atoms with Crippen LogP contribution >= 0.6 is 0 Å². The van der Waals surface area contributed by atoms with Gasteiger partial charge >= 0.3 is 0 Å². The minimum atomic E-state index is -1.19. The number of carbonyl (C=O) groups is 2. The number of hydrogen-bond donors (Lipinski definition) is 2. The zero-order valence-corrected chi connectivity index (χ0v) is 29.4. The molecule has 1 aromatic heterocycles. The van der Waals surface area contributed by atoms with E-state index in [9.17, 15) is 13.8 Å². The minimum absolute atomic E-state index is 0.172. The number of aryl methyl sites for hydroxylation is 1. The second-order valence-corrected chi connectivity index (χ2v) is 14.6. The summed E-state index contributed by atoms with van der Waals surface area (Å²) >= 11 is 0. The molecule has 2 atom stereocenters. The number of hydrogen-bond acceptors (Lipinski definition) is 7. The topological polar surface area (TPSA) is 124 Å². The molecule has 3 heterocycles. The first kappa shape index (κ1) is 36.3. The number of nitrogens with one attached hydrogen (secondary N) is 2. The van der Waals surface area contributed by atoms with Gasteiger partial charge < -0.3 is 15.5 Å². The monoisotopic (exact) mass is 682 g/mol. The average molecular weight is 683 g/mol. The van der Waals surface area contributed by atoms with E-state index >= 15 is 0 Å². The van der Waals surface area contributed by atoms with Gasteiger partial charge in [0.2, 0.25) is 12.3 Å². The molecule has 2 aliphatic heterocycles. The molecule has 0 spiro atoms. The molecule has 13 heteroatoms. The minimum Gasteiger partial charge on any atom is -0.358 e. The van der Waals surface area contributed by atoms with Crippen LogP contribution in [0.5, 0.6) is 0 Å². The Labute approximate surface area is 293 Å². The Kier molecular flexibility index (Phi) is 13.1. The summed E-state index contributed by atoms with van der Waals surface area (Å²) in [6, 6.07) is 14.9. The number of piperidine rings is 2. The van der Waals surface area contributed by atoms with Gasteiger partial charge in [-0.1, -0.05) is 30.6 Å². The predicted octanol–water partition coefficient (Wildman–Crippen LogP) is 3.97. The second kappa shape index (κ2) is 17.6. The number of aromatic nitrogens is 2. The summed E-state index contributed by atoms with van der Waals surface area (Å²) in [6.45, 7) is 10.6. The quantitative estimate of drug-likeness (QED) is 0.109. The summed E-state index contributed by atoms with van der Waals surface area (Å²) in [5.41, 5.74) is 4.01. The first-order valence-electron chi connectivity index (χ1n) is 17.1. The van der Waals surface area contributed by atoms with Crippen molar-refractivity contribution in [2.45, 2.75) is 62.3 Å². The lowest BCUT2D eigenvalue weighted by molar-refractivity contribution is -0.116. The highest BCUT2D eigenvalue weighted by atomic mass is 32.2. The van der Waals surface area contributed by atoms with Crippen LogP contribution in [0, 0.1) is 5.92 Å². The van der Waals surface area contributed by atoms with Gasteiger partial charge in [0.15, 0.2) is 5.82 Å². The van der Waals surface area contributed by atoms with Gasteiger partial charge in [-0.3, -0.25) is 24.3 Å². The SMILES string of the molecule is [B]/C(C=NC1CCN(S(=O)c2cccc(CC(C)CN3CCC(c4ccc5c(NC(=O)CCNC=O)nn(C)c5c4)CC3)c2)CC1)=C/N=C. The molecule has 2 radical (unpaired) electrons. The van der Waals surface area contributed by atoms with Crippen LogP contribution in [-0.2, 0) is 34.0 Å². The fourth-order valence-electron chi connectivity index (χ4n) is 6.83. The van der Waals surface area contributed by atoms with Gasteiger partial charge in [-0.2, -0.15) is 5.10 Å². The van der Waals surface area contributed by atoms with Gasteiger partial charge in [-0.15, -0.1) is 0 Å². The third-order valence-electron chi connectivity index (χ3n) is 9.36. The molecule has 3 aromatic rings. The predicted molar refractivity (Wildman–Crippen MR) is 199 cm³/mol. The van der Waals surface area contributed by atoms with Crippen molar-refractivity contribution < 1.29 is 13.8 Å². The third kappa shape index (κ3) is 10.1. The van der Waals surface area contributed by atoms with E-state index in [1.807, 2.05) is 28.2 Å². The molecule has 2 unspecified atom stereocenters. The average Bonchev–Trinajstić information content (AvgIpc) is 3.41. The highest BCUT2D eigenvalue weighted by Gasteiger charge is 2.25. The van der Waals surface area contributed by atoms with E-state index in [0.29, 0.717) is 36.1 Å². The van der Waals surface area contributed by atoms with E-state index < -0.39 is 11.0 Å². The molecular weight excluding hydrogens is 635 g/mol. The lowest BCUT2D eigenvalue weighted by atomic mass is 9.88. The standard InChI is InChI=1S/C36H47BN8O3S/c1-26(19-27-5-4-6-32(20-27)49(48)45-17-12-31(13-18-45)40-23-30(37)22-38-2)24-44-15-10-28(11-16-44)29-7-8-33-34(21-29)43(3)42-36(33)41-35(47)9-14-39-25-46/h4-8,20-23,25-26,28,31H,2,9-19,24H2,1,3H3,(H,39,46)(H,41,42,47)/b30-22+,40-23?. The fraction of sp³-hybridized carbons (Fsp3) is 0.472. The van der Waals surface area contributed by atoms with E-state index in [1.165, 1.54) is 17.3 Å². The smallest absolute Gasteiger partial charge is 0.227 e. The van der Waals surface area contributed by atoms with Gasteiger partial charge in [0.25, 0.3) is 0 Å². The Bertz CT molecular complexity index is 1690. The number of fused-ring (bicyclic) bond motifs is 1. The largest absolute Gasteiger partial charge is 0.358 e. The zero-order valence-electron chi connectivity index (χ0n) is 28.6. The summed E-state index contributed by atoms with van der Waals surface area (Å²) in [7, 11) is 6.52. The number of nitrogens with zero attached hydrogens (tertiary/aromatic N) is 6. The summed E-state index contributed by atoms with van der Waals surface area (Å²) in [5, 5.41) is 10.8. The van der Waals surface area contributed by atoms with Gasteiger partial charge in [0.1, 0.15) is 18.8 Å². The van der Waals surface area contributed by atoms with Gasteiger partial charge in [0.05, 0.1) is 16.5 Å². The van der Waals surface area contributed by atoms with Crippen LogP contribution in [-0.4, -0.2) is 102 Å². The van der Waals surface area contributed by atoms with Crippen molar-refractivity contribution in [2.75, 3.05) is 44.6 Å². The third-order valence-corrected chi connectivity index (χ3v) is 10.9. The molecule has 258 valence electrons. The molecule has 0 bridgehead atoms. The van der Waals surface area contributed by atoms with Crippen molar-refractivity contribution in [3.8, 4) is 0 Å². The molecule has 0 aliphatic carbocycles. The number of carbonyl (C=O) groups excluding carboxylic acids is 2. The lowest BCUT2D eigenvalue weighted by Gasteiger charge is -2.34. The highest BCUT2D eigenvalue weighted by Crippen LogP contribution is 2.32. The first-order valence-corrected chi connectivity index (χ1v) is 18.2. The highest BCUT2D eigenvalue weighted by molar-refractivity contribution is 7.82. The van der Waals surface area contributed by atoms with Crippen molar-refractivity contribution in [1.82, 2.24) is 24.3 Å². The Morgan fingerprint density at radius 3 is 2.65 bits per heavy atom. The molecule has 49 heavy (non-hydrogen) atoms. The van der Waals surface area contributed by atoms with Crippen LogP contribution in [0.3, 0.4) is 0 Å². The summed E-state index contributed by atoms with van der Waals surface area (Å²) in [4.78, 5) is 34.4. The first-order chi connectivity index (χ1) is 23.7. The van der Waals surface area contributed by atoms with Crippen molar-refractivity contribution in [3.63, 3.8) is 0 Å². The second-order valence-electron chi connectivity index (χ2n) is 13.1. The molecule has 2 aliphatic rings. The van der Waals surface area contributed by atoms with Gasteiger partial charge in [-0.05, 0) is 99.1 Å². The van der Waals surface area contributed by atoms with Gasteiger partial charge in [-0.25, -0.2) is 8.51 Å². The van der Waals surface area contributed by atoms with E-state index in [4.69, 9.17) is 7.85 Å². The molecule has 0 saturated carbocycles. The molecular formula is C36H47BN8O3S.